The summed E-state index contributed by atoms with van der Waals surface area (Å²) in [4.78, 5) is 4.28. The lowest BCUT2D eigenvalue weighted by Gasteiger charge is -2.08. The first-order valence-electron chi connectivity index (χ1n) is 5.32. The summed E-state index contributed by atoms with van der Waals surface area (Å²) in [7, 11) is 2.01. The van der Waals surface area contributed by atoms with Gasteiger partial charge < -0.3 is 9.88 Å². The molecule has 0 saturated heterocycles. The van der Waals surface area contributed by atoms with Gasteiger partial charge in [-0.05, 0) is 40.8 Å². The van der Waals surface area contributed by atoms with E-state index in [1.807, 2.05) is 42.2 Å². The molecule has 0 spiro atoms. The molecule has 0 radical (unpaired) electrons. The minimum atomic E-state index is 0.768. The van der Waals surface area contributed by atoms with Crippen molar-refractivity contribution in [2.24, 2.45) is 7.05 Å². The fraction of sp³-hybridized carbons (Fsp3) is 0.250. The molecule has 0 aliphatic rings. The number of hydrogen-bond acceptors (Lipinski definition) is 2. The van der Waals surface area contributed by atoms with Crippen molar-refractivity contribution < 1.29 is 0 Å². The SMILES string of the molecule is Cn1ccnc1CCNc1ccc(Cl)cc1I. The number of nitrogens with zero attached hydrogens (tertiary/aromatic N) is 2. The molecule has 0 saturated carbocycles. The topological polar surface area (TPSA) is 29.9 Å². The van der Waals surface area contributed by atoms with Crippen LogP contribution < -0.4 is 5.32 Å². The average Bonchev–Trinajstić information content (AvgIpc) is 2.68. The maximum Gasteiger partial charge on any atom is 0.110 e. The van der Waals surface area contributed by atoms with Crippen LogP contribution in [0, 0.1) is 3.57 Å². The Morgan fingerprint density at radius 1 is 1.47 bits per heavy atom. The van der Waals surface area contributed by atoms with Gasteiger partial charge in [0, 0.05) is 46.7 Å². The second-order valence-electron chi connectivity index (χ2n) is 3.76. The van der Waals surface area contributed by atoms with Gasteiger partial charge in [0.2, 0.25) is 0 Å². The van der Waals surface area contributed by atoms with Gasteiger partial charge in [0.05, 0.1) is 0 Å². The number of aryl methyl sites for hydroxylation is 1. The molecule has 0 bridgehead atoms. The molecule has 0 aliphatic carbocycles. The fourth-order valence-corrected chi connectivity index (χ4v) is 2.64. The van der Waals surface area contributed by atoms with Gasteiger partial charge in [-0.3, -0.25) is 0 Å². The highest BCUT2D eigenvalue weighted by Gasteiger charge is 2.02. The highest BCUT2D eigenvalue weighted by Crippen LogP contribution is 2.22. The summed E-state index contributed by atoms with van der Waals surface area (Å²) in [5.41, 5.74) is 1.12. The summed E-state index contributed by atoms with van der Waals surface area (Å²) in [6.07, 6.45) is 4.69. The van der Waals surface area contributed by atoms with Gasteiger partial charge >= 0.3 is 0 Å². The minimum absolute atomic E-state index is 0.768. The molecule has 0 fully saturated rings. The van der Waals surface area contributed by atoms with Gasteiger partial charge in [0.1, 0.15) is 5.82 Å². The van der Waals surface area contributed by atoms with E-state index in [1.165, 1.54) is 0 Å². The first-order valence-corrected chi connectivity index (χ1v) is 6.77. The summed E-state index contributed by atoms with van der Waals surface area (Å²) >= 11 is 8.19. The Kier molecular flexibility index (Phi) is 4.28. The maximum atomic E-state index is 5.91. The number of hydrogen-bond donors (Lipinski definition) is 1. The summed E-state index contributed by atoms with van der Waals surface area (Å²) in [5, 5.41) is 4.15. The zero-order valence-corrected chi connectivity index (χ0v) is 12.4. The van der Waals surface area contributed by atoms with Gasteiger partial charge in [-0.2, -0.15) is 0 Å². The van der Waals surface area contributed by atoms with Crippen molar-refractivity contribution in [3.63, 3.8) is 0 Å². The monoisotopic (exact) mass is 361 g/mol. The van der Waals surface area contributed by atoms with E-state index in [9.17, 15) is 0 Å². The number of benzene rings is 1. The smallest absolute Gasteiger partial charge is 0.110 e. The van der Waals surface area contributed by atoms with E-state index >= 15 is 0 Å². The molecule has 17 heavy (non-hydrogen) atoms. The van der Waals surface area contributed by atoms with E-state index in [4.69, 9.17) is 11.6 Å². The molecule has 1 aromatic carbocycles. The lowest BCUT2D eigenvalue weighted by atomic mass is 10.3. The quantitative estimate of drug-likeness (QED) is 0.847. The number of aromatic nitrogens is 2. The number of rotatable bonds is 4. The van der Waals surface area contributed by atoms with Crippen molar-refractivity contribution in [2.75, 3.05) is 11.9 Å². The van der Waals surface area contributed by atoms with Crippen LogP contribution in [0.1, 0.15) is 5.82 Å². The molecule has 2 rings (SSSR count). The van der Waals surface area contributed by atoms with Crippen LogP contribution in [0.4, 0.5) is 5.69 Å². The second-order valence-corrected chi connectivity index (χ2v) is 5.35. The molecule has 1 N–H and O–H groups in total. The van der Waals surface area contributed by atoms with Gasteiger partial charge in [-0.25, -0.2) is 4.98 Å². The molecule has 5 heteroatoms. The van der Waals surface area contributed by atoms with E-state index in [2.05, 4.69) is 32.9 Å². The highest BCUT2D eigenvalue weighted by molar-refractivity contribution is 14.1. The predicted molar refractivity (Wildman–Crippen MR) is 79.6 cm³/mol. The third-order valence-corrected chi connectivity index (χ3v) is 3.64. The first-order chi connectivity index (χ1) is 8.16. The number of halogens is 2. The summed E-state index contributed by atoms with van der Waals surface area (Å²) < 4.78 is 3.17. The molecular formula is C12H13ClIN3. The first kappa shape index (κ1) is 12.7. The van der Waals surface area contributed by atoms with Crippen LogP contribution in [0.15, 0.2) is 30.6 Å². The van der Waals surface area contributed by atoms with Gasteiger partial charge in [-0.1, -0.05) is 11.6 Å². The molecule has 3 nitrogen and oxygen atoms in total. The van der Waals surface area contributed by atoms with Gasteiger partial charge in [-0.15, -0.1) is 0 Å². The molecule has 2 aromatic rings. The number of imidazole rings is 1. The van der Waals surface area contributed by atoms with Crippen LogP contribution in [0.2, 0.25) is 5.02 Å². The van der Waals surface area contributed by atoms with Crippen molar-refractivity contribution in [1.29, 1.82) is 0 Å². The summed E-state index contributed by atoms with van der Waals surface area (Å²) in [6, 6.07) is 5.85. The Hall–Kier alpha value is -0.750. The van der Waals surface area contributed by atoms with E-state index in [1.54, 1.807) is 0 Å². The summed E-state index contributed by atoms with van der Waals surface area (Å²) in [5.74, 6) is 1.08. The van der Waals surface area contributed by atoms with E-state index in [-0.39, 0.29) is 0 Å². The average molecular weight is 362 g/mol. The van der Waals surface area contributed by atoms with Crippen LogP contribution in [0.3, 0.4) is 0 Å². The molecule has 0 aliphatic heterocycles. The van der Waals surface area contributed by atoms with E-state index in [0.717, 1.165) is 33.1 Å². The van der Waals surface area contributed by atoms with Crippen LogP contribution in [0.5, 0.6) is 0 Å². The standard InChI is InChI=1S/C12H13ClIN3/c1-17-7-6-16-12(17)4-5-15-11-3-2-9(13)8-10(11)14/h2-3,6-8,15H,4-5H2,1H3. The zero-order chi connectivity index (χ0) is 12.3. The third-order valence-electron chi connectivity index (χ3n) is 2.52. The zero-order valence-electron chi connectivity index (χ0n) is 9.45. The Labute approximate surface area is 119 Å². The number of anilines is 1. The Morgan fingerprint density at radius 3 is 2.94 bits per heavy atom. The van der Waals surface area contributed by atoms with E-state index < -0.39 is 0 Å². The van der Waals surface area contributed by atoms with Crippen LogP contribution in [-0.4, -0.2) is 16.1 Å². The van der Waals surface area contributed by atoms with Crippen molar-refractivity contribution in [2.45, 2.75) is 6.42 Å². The summed E-state index contributed by atoms with van der Waals surface area (Å²) in [6.45, 7) is 0.864. The lowest BCUT2D eigenvalue weighted by Crippen LogP contribution is -2.09. The molecule has 1 aromatic heterocycles. The van der Waals surface area contributed by atoms with Crippen molar-refractivity contribution in [3.8, 4) is 0 Å². The Morgan fingerprint density at radius 2 is 2.29 bits per heavy atom. The maximum absolute atomic E-state index is 5.91. The van der Waals surface area contributed by atoms with Crippen molar-refractivity contribution >= 4 is 39.9 Å². The van der Waals surface area contributed by atoms with Crippen LogP contribution in [0.25, 0.3) is 0 Å². The normalized spacial score (nSPS) is 10.5. The van der Waals surface area contributed by atoms with E-state index in [0.29, 0.717) is 0 Å². The lowest BCUT2D eigenvalue weighted by molar-refractivity contribution is 0.789. The molecule has 0 atom stereocenters. The molecule has 0 unspecified atom stereocenters. The van der Waals surface area contributed by atoms with Gasteiger partial charge in [0.25, 0.3) is 0 Å². The van der Waals surface area contributed by atoms with Crippen LogP contribution in [-0.2, 0) is 13.5 Å². The Bertz CT molecular complexity index is 510. The van der Waals surface area contributed by atoms with Crippen molar-refractivity contribution in [1.82, 2.24) is 9.55 Å². The third kappa shape index (κ3) is 3.35. The number of nitrogens with one attached hydrogen (secondary N) is 1. The molecule has 0 amide bonds. The predicted octanol–water partition coefficient (Wildman–Crippen LogP) is 3.33. The largest absolute Gasteiger partial charge is 0.384 e. The van der Waals surface area contributed by atoms with Gasteiger partial charge in [0.15, 0.2) is 0 Å². The highest BCUT2D eigenvalue weighted by atomic mass is 127. The Balaban J connectivity index is 1.92. The fourth-order valence-electron chi connectivity index (χ4n) is 1.58. The second kappa shape index (κ2) is 5.73. The molecular weight excluding hydrogens is 349 g/mol. The van der Waals surface area contributed by atoms with Crippen molar-refractivity contribution in [3.05, 3.63) is 45.0 Å². The molecule has 1 heterocycles. The minimum Gasteiger partial charge on any atom is -0.384 e. The molecule has 90 valence electrons. The van der Waals surface area contributed by atoms with Crippen LogP contribution >= 0.6 is 34.2 Å².